The molecule has 0 aliphatic rings. The van der Waals surface area contributed by atoms with Gasteiger partial charge in [-0.3, -0.25) is 0 Å². The zero-order valence-corrected chi connectivity index (χ0v) is 11.9. The SMILES string of the molecule is COCCCOCc1cc2ccc(OC)cc2nc1N. The molecule has 0 aliphatic heterocycles. The summed E-state index contributed by atoms with van der Waals surface area (Å²) in [6.07, 6.45) is 0.870. The Bertz CT molecular complexity index is 572. The van der Waals surface area contributed by atoms with Crippen molar-refractivity contribution in [3.8, 4) is 5.75 Å². The van der Waals surface area contributed by atoms with Gasteiger partial charge in [-0.25, -0.2) is 4.98 Å². The second-order valence-corrected chi connectivity index (χ2v) is 4.49. The van der Waals surface area contributed by atoms with Crippen molar-refractivity contribution in [2.24, 2.45) is 0 Å². The van der Waals surface area contributed by atoms with Crippen molar-refractivity contribution < 1.29 is 14.2 Å². The third kappa shape index (κ3) is 3.59. The molecule has 1 heterocycles. The van der Waals surface area contributed by atoms with E-state index in [1.54, 1.807) is 14.2 Å². The molecule has 5 nitrogen and oxygen atoms in total. The maximum absolute atomic E-state index is 5.96. The number of nitrogens with zero attached hydrogens (tertiary/aromatic N) is 1. The zero-order valence-electron chi connectivity index (χ0n) is 11.9. The fourth-order valence-corrected chi connectivity index (χ4v) is 1.94. The molecule has 108 valence electrons. The fraction of sp³-hybridized carbons (Fsp3) is 0.400. The standard InChI is InChI=1S/C15H20N2O3/c1-18-6-3-7-20-10-12-8-11-4-5-13(19-2)9-14(11)17-15(12)16/h4-5,8-9H,3,6-7,10H2,1-2H3,(H2,16,17). The van der Waals surface area contributed by atoms with Gasteiger partial charge in [0, 0.05) is 37.3 Å². The van der Waals surface area contributed by atoms with Crippen LogP contribution in [0.2, 0.25) is 0 Å². The summed E-state index contributed by atoms with van der Waals surface area (Å²) in [5, 5.41) is 1.02. The van der Waals surface area contributed by atoms with Gasteiger partial charge in [0.05, 0.1) is 19.2 Å². The van der Waals surface area contributed by atoms with E-state index >= 15 is 0 Å². The fourth-order valence-electron chi connectivity index (χ4n) is 1.94. The van der Waals surface area contributed by atoms with Gasteiger partial charge >= 0.3 is 0 Å². The molecule has 0 atom stereocenters. The van der Waals surface area contributed by atoms with Crippen molar-refractivity contribution in [1.29, 1.82) is 0 Å². The van der Waals surface area contributed by atoms with Gasteiger partial charge in [0.1, 0.15) is 11.6 Å². The third-order valence-corrected chi connectivity index (χ3v) is 3.03. The lowest BCUT2D eigenvalue weighted by molar-refractivity contribution is 0.0931. The number of fused-ring (bicyclic) bond motifs is 1. The Morgan fingerprint density at radius 1 is 1.15 bits per heavy atom. The van der Waals surface area contributed by atoms with E-state index in [9.17, 15) is 0 Å². The molecule has 0 saturated carbocycles. The molecule has 0 radical (unpaired) electrons. The van der Waals surface area contributed by atoms with Crippen LogP contribution < -0.4 is 10.5 Å². The van der Waals surface area contributed by atoms with Gasteiger partial charge < -0.3 is 19.9 Å². The number of benzene rings is 1. The zero-order chi connectivity index (χ0) is 14.4. The monoisotopic (exact) mass is 276 g/mol. The molecule has 0 spiro atoms. The highest BCUT2D eigenvalue weighted by molar-refractivity contribution is 5.82. The van der Waals surface area contributed by atoms with Crippen LogP contribution in [0.15, 0.2) is 24.3 Å². The van der Waals surface area contributed by atoms with Crippen molar-refractivity contribution in [2.45, 2.75) is 13.0 Å². The van der Waals surface area contributed by atoms with Crippen molar-refractivity contribution in [2.75, 3.05) is 33.2 Å². The quantitative estimate of drug-likeness (QED) is 0.786. The lowest BCUT2D eigenvalue weighted by atomic mass is 10.1. The summed E-state index contributed by atoms with van der Waals surface area (Å²) in [4.78, 5) is 4.39. The lowest BCUT2D eigenvalue weighted by Gasteiger charge is -2.09. The Kier molecular flexibility index (Phi) is 5.15. The van der Waals surface area contributed by atoms with Gasteiger partial charge in [-0.05, 0) is 24.6 Å². The third-order valence-electron chi connectivity index (χ3n) is 3.03. The van der Waals surface area contributed by atoms with Crippen LogP contribution in [-0.2, 0) is 16.1 Å². The van der Waals surface area contributed by atoms with E-state index in [0.717, 1.165) is 28.6 Å². The molecule has 1 aromatic heterocycles. The molecule has 0 unspecified atom stereocenters. The van der Waals surface area contributed by atoms with Crippen LogP contribution in [0.4, 0.5) is 5.82 Å². The van der Waals surface area contributed by atoms with E-state index in [1.165, 1.54) is 0 Å². The largest absolute Gasteiger partial charge is 0.497 e. The average molecular weight is 276 g/mol. The van der Waals surface area contributed by atoms with Crippen molar-refractivity contribution in [3.05, 3.63) is 29.8 Å². The van der Waals surface area contributed by atoms with Gasteiger partial charge in [0.2, 0.25) is 0 Å². The Morgan fingerprint density at radius 3 is 2.75 bits per heavy atom. The minimum Gasteiger partial charge on any atom is -0.497 e. The van der Waals surface area contributed by atoms with E-state index in [-0.39, 0.29) is 0 Å². The highest BCUT2D eigenvalue weighted by Gasteiger charge is 2.05. The van der Waals surface area contributed by atoms with E-state index in [1.807, 2.05) is 24.3 Å². The number of nitrogen functional groups attached to an aromatic ring is 1. The topological polar surface area (TPSA) is 66.6 Å². The van der Waals surface area contributed by atoms with E-state index in [2.05, 4.69) is 4.98 Å². The minimum atomic E-state index is 0.463. The van der Waals surface area contributed by atoms with Crippen molar-refractivity contribution in [3.63, 3.8) is 0 Å². The summed E-state index contributed by atoms with van der Waals surface area (Å²) in [5.41, 5.74) is 7.69. The second-order valence-electron chi connectivity index (χ2n) is 4.49. The van der Waals surface area contributed by atoms with Crippen LogP contribution in [0.3, 0.4) is 0 Å². The molecule has 1 aromatic carbocycles. The molecule has 0 fully saturated rings. The minimum absolute atomic E-state index is 0.463. The number of pyridine rings is 1. The molecule has 0 aliphatic carbocycles. The first-order valence-electron chi connectivity index (χ1n) is 6.54. The van der Waals surface area contributed by atoms with Gasteiger partial charge in [-0.15, -0.1) is 0 Å². The lowest BCUT2D eigenvalue weighted by Crippen LogP contribution is -2.03. The molecular formula is C15H20N2O3. The normalized spacial score (nSPS) is 10.9. The molecule has 2 aromatic rings. The molecule has 0 amide bonds. The van der Waals surface area contributed by atoms with Crippen LogP contribution in [0.1, 0.15) is 12.0 Å². The van der Waals surface area contributed by atoms with Crippen molar-refractivity contribution in [1.82, 2.24) is 4.98 Å². The van der Waals surface area contributed by atoms with Gasteiger partial charge in [0.15, 0.2) is 0 Å². The highest BCUT2D eigenvalue weighted by Crippen LogP contribution is 2.23. The summed E-state index contributed by atoms with van der Waals surface area (Å²) < 4.78 is 15.7. The van der Waals surface area contributed by atoms with Crippen LogP contribution >= 0.6 is 0 Å². The summed E-state index contributed by atoms with van der Waals surface area (Å²) in [5.74, 6) is 1.27. The first kappa shape index (κ1) is 14.6. The summed E-state index contributed by atoms with van der Waals surface area (Å²) in [7, 11) is 3.31. The Hall–Kier alpha value is -1.85. The van der Waals surface area contributed by atoms with Crippen molar-refractivity contribution >= 4 is 16.7 Å². The number of anilines is 1. The summed E-state index contributed by atoms with van der Waals surface area (Å²) in [6, 6.07) is 7.75. The first-order valence-corrected chi connectivity index (χ1v) is 6.54. The van der Waals surface area contributed by atoms with Gasteiger partial charge in [0.25, 0.3) is 0 Å². The second kappa shape index (κ2) is 7.07. The molecule has 20 heavy (non-hydrogen) atoms. The number of ether oxygens (including phenoxy) is 3. The van der Waals surface area contributed by atoms with Crippen LogP contribution in [0.5, 0.6) is 5.75 Å². The van der Waals surface area contributed by atoms with E-state index < -0.39 is 0 Å². The Balaban J connectivity index is 2.08. The first-order chi connectivity index (χ1) is 9.74. The van der Waals surface area contributed by atoms with Crippen LogP contribution in [-0.4, -0.2) is 32.4 Å². The molecular weight excluding hydrogens is 256 g/mol. The predicted octanol–water partition coefficient (Wildman–Crippen LogP) is 2.38. The number of hydrogen-bond acceptors (Lipinski definition) is 5. The number of aromatic nitrogens is 1. The molecule has 0 bridgehead atoms. The number of hydrogen-bond donors (Lipinski definition) is 1. The highest BCUT2D eigenvalue weighted by atomic mass is 16.5. The average Bonchev–Trinajstić information content (AvgIpc) is 2.47. The smallest absolute Gasteiger partial charge is 0.129 e. The Labute approximate surface area is 118 Å². The Morgan fingerprint density at radius 2 is 2.00 bits per heavy atom. The number of rotatable bonds is 7. The maximum atomic E-state index is 5.96. The number of methoxy groups -OCH3 is 2. The molecule has 0 saturated heterocycles. The summed E-state index contributed by atoms with van der Waals surface area (Å²) >= 11 is 0. The van der Waals surface area contributed by atoms with E-state index in [4.69, 9.17) is 19.9 Å². The van der Waals surface area contributed by atoms with Gasteiger partial charge in [-0.2, -0.15) is 0 Å². The molecule has 2 N–H and O–H groups in total. The van der Waals surface area contributed by atoms with Gasteiger partial charge in [-0.1, -0.05) is 0 Å². The van der Waals surface area contributed by atoms with Crippen LogP contribution in [0, 0.1) is 0 Å². The predicted molar refractivity (Wildman–Crippen MR) is 78.9 cm³/mol. The molecule has 5 heteroatoms. The van der Waals surface area contributed by atoms with Crippen LogP contribution in [0.25, 0.3) is 10.9 Å². The number of nitrogens with two attached hydrogens (primary N) is 1. The van der Waals surface area contributed by atoms with E-state index in [0.29, 0.717) is 25.6 Å². The maximum Gasteiger partial charge on any atom is 0.129 e. The molecule has 2 rings (SSSR count). The summed E-state index contributed by atoms with van der Waals surface area (Å²) in [6.45, 7) is 1.81.